The highest BCUT2D eigenvalue weighted by Gasteiger charge is 2.06. The molecule has 0 bridgehead atoms. The molecule has 1 aromatic heterocycles. The summed E-state index contributed by atoms with van der Waals surface area (Å²) in [6, 6.07) is 5.51. The molecule has 0 unspecified atom stereocenters. The molecule has 1 aromatic carbocycles. The predicted octanol–water partition coefficient (Wildman–Crippen LogP) is 4.03. The molecule has 0 aliphatic carbocycles. The third kappa shape index (κ3) is 2.94. The Morgan fingerprint density at radius 2 is 2.17 bits per heavy atom. The summed E-state index contributed by atoms with van der Waals surface area (Å²) < 4.78 is 5.28. The molecule has 0 saturated carbocycles. The Kier molecular flexibility index (Phi) is 4.09. The molecule has 0 atom stereocenters. The van der Waals surface area contributed by atoms with E-state index < -0.39 is 0 Å². The highest BCUT2D eigenvalue weighted by Crippen LogP contribution is 2.28. The lowest BCUT2D eigenvalue weighted by Crippen LogP contribution is -2.01. The van der Waals surface area contributed by atoms with Crippen LogP contribution in [0.4, 0.5) is 5.69 Å². The molecule has 0 radical (unpaired) electrons. The molecule has 0 aliphatic rings. The number of benzene rings is 1. The third-order valence-electron chi connectivity index (χ3n) is 2.66. The molecule has 0 aliphatic heterocycles. The van der Waals surface area contributed by atoms with E-state index in [1.54, 1.807) is 18.4 Å². The number of halogens is 1. The summed E-state index contributed by atoms with van der Waals surface area (Å²) in [4.78, 5) is 5.74. The minimum atomic E-state index is 0.677. The van der Waals surface area contributed by atoms with Crippen molar-refractivity contribution >= 4 is 28.6 Å². The van der Waals surface area contributed by atoms with Crippen molar-refractivity contribution in [3.05, 3.63) is 38.8 Å². The van der Waals surface area contributed by atoms with Crippen LogP contribution >= 0.6 is 22.9 Å². The molecule has 96 valence electrons. The van der Waals surface area contributed by atoms with Crippen molar-refractivity contribution < 1.29 is 4.74 Å². The molecule has 2 rings (SSSR count). The first kappa shape index (κ1) is 13.2. The molecule has 0 fully saturated rings. The fourth-order valence-corrected chi connectivity index (χ4v) is 2.65. The van der Waals surface area contributed by atoms with Gasteiger partial charge in [0.2, 0.25) is 0 Å². The summed E-state index contributed by atoms with van der Waals surface area (Å²) in [5, 5.41) is 5.05. The van der Waals surface area contributed by atoms with Gasteiger partial charge in [-0.15, -0.1) is 11.3 Å². The molecule has 0 spiro atoms. The molecular formula is C13H15ClN2OS. The smallest absolute Gasteiger partial charge is 0.142 e. The van der Waals surface area contributed by atoms with Crippen molar-refractivity contribution in [2.24, 2.45) is 0 Å². The second-order valence-corrected chi connectivity index (χ2v) is 5.67. The maximum absolute atomic E-state index is 5.98. The van der Waals surface area contributed by atoms with Crippen LogP contribution in [0.1, 0.15) is 15.6 Å². The van der Waals surface area contributed by atoms with Crippen LogP contribution in [0.25, 0.3) is 0 Å². The van der Waals surface area contributed by atoms with Crippen molar-refractivity contribution in [2.75, 3.05) is 12.4 Å². The van der Waals surface area contributed by atoms with Gasteiger partial charge in [-0.2, -0.15) is 0 Å². The van der Waals surface area contributed by atoms with Crippen molar-refractivity contribution in [1.29, 1.82) is 0 Å². The zero-order valence-electron chi connectivity index (χ0n) is 10.6. The number of aromatic nitrogens is 1. The average Bonchev–Trinajstić information content (AvgIpc) is 2.66. The second kappa shape index (κ2) is 5.59. The summed E-state index contributed by atoms with van der Waals surface area (Å²) in [5.74, 6) is 0.782. The highest BCUT2D eigenvalue weighted by molar-refractivity contribution is 7.11. The van der Waals surface area contributed by atoms with Gasteiger partial charge in [-0.05, 0) is 32.0 Å². The van der Waals surface area contributed by atoms with Gasteiger partial charge in [0.05, 0.1) is 25.0 Å². The number of aryl methyl sites for hydroxylation is 2. The van der Waals surface area contributed by atoms with Crippen molar-refractivity contribution in [2.45, 2.75) is 20.4 Å². The summed E-state index contributed by atoms with van der Waals surface area (Å²) in [5.41, 5.74) is 1.98. The molecule has 0 amide bonds. The monoisotopic (exact) mass is 282 g/mol. The van der Waals surface area contributed by atoms with Crippen LogP contribution in [-0.2, 0) is 6.54 Å². The number of anilines is 1. The first-order valence-corrected chi connectivity index (χ1v) is 6.80. The lowest BCUT2D eigenvalue weighted by Gasteiger charge is -2.10. The van der Waals surface area contributed by atoms with Crippen LogP contribution < -0.4 is 10.1 Å². The Bertz CT molecular complexity index is 534. The first-order valence-electron chi connectivity index (χ1n) is 5.60. The maximum Gasteiger partial charge on any atom is 0.142 e. The Balaban J connectivity index is 2.12. The predicted molar refractivity (Wildman–Crippen MR) is 76.9 cm³/mol. The van der Waals surface area contributed by atoms with Gasteiger partial charge in [0.25, 0.3) is 0 Å². The standard InChI is InChI=1S/C13H15ClN2OS/c1-8-9(2)18-13(16-8)7-15-11-6-10(14)4-5-12(11)17-3/h4-6,15H,7H2,1-3H3. The van der Waals surface area contributed by atoms with Gasteiger partial charge in [-0.3, -0.25) is 0 Å². The first-order chi connectivity index (χ1) is 8.60. The molecular weight excluding hydrogens is 268 g/mol. The van der Waals surface area contributed by atoms with E-state index in [1.165, 1.54) is 4.88 Å². The summed E-state index contributed by atoms with van der Waals surface area (Å²) in [6.45, 7) is 4.78. The van der Waals surface area contributed by atoms with E-state index in [0.29, 0.717) is 11.6 Å². The molecule has 18 heavy (non-hydrogen) atoms. The van der Waals surface area contributed by atoms with Crippen LogP contribution in [-0.4, -0.2) is 12.1 Å². The van der Waals surface area contributed by atoms with Gasteiger partial charge in [-0.25, -0.2) is 4.98 Å². The number of nitrogens with one attached hydrogen (secondary N) is 1. The van der Waals surface area contributed by atoms with E-state index in [4.69, 9.17) is 16.3 Å². The lowest BCUT2D eigenvalue weighted by molar-refractivity contribution is 0.416. The van der Waals surface area contributed by atoms with E-state index in [0.717, 1.165) is 22.1 Å². The second-order valence-electron chi connectivity index (χ2n) is 3.95. The van der Waals surface area contributed by atoms with E-state index in [2.05, 4.69) is 17.2 Å². The van der Waals surface area contributed by atoms with Crippen molar-refractivity contribution in [1.82, 2.24) is 4.98 Å². The molecule has 3 nitrogen and oxygen atoms in total. The number of thiazole rings is 1. The number of hydrogen-bond donors (Lipinski definition) is 1. The Morgan fingerprint density at radius 3 is 2.78 bits per heavy atom. The summed E-state index contributed by atoms with van der Waals surface area (Å²) in [6.07, 6.45) is 0. The lowest BCUT2D eigenvalue weighted by atomic mass is 10.3. The Labute approximate surface area is 116 Å². The molecule has 1 N–H and O–H groups in total. The Morgan fingerprint density at radius 1 is 1.39 bits per heavy atom. The van der Waals surface area contributed by atoms with Crippen molar-refractivity contribution in [3.8, 4) is 5.75 Å². The van der Waals surface area contributed by atoms with Crippen LogP contribution in [0.2, 0.25) is 5.02 Å². The van der Waals surface area contributed by atoms with Gasteiger partial charge in [0.1, 0.15) is 10.8 Å². The molecule has 1 heterocycles. The van der Waals surface area contributed by atoms with Gasteiger partial charge in [0, 0.05) is 9.90 Å². The quantitative estimate of drug-likeness (QED) is 0.919. The van der Waals surface area contributed by atoms with Crippen LogP contribution in [0.5, 0.6) is 5.75 Å². The zero-order chi connectivity index (χ0) is 13.1. The molecule has 2 aromatic rings. The van der Waals surface area contributed by atoms with Crippen LogP contribution in [0.3, 0.4) is 0 Å². The molecule has 0 saturated heterocycles. The minimum Gasteiger partial charge on any atom is -0.495 e. The van der Waals surface area contributed by atoms with Gasteiger partial charge >= 0.3 is 0 Å². The van der Waals surface area contributed by atoms with E-state index in [-0.39, 0.29) is 0 Å². The third-order valence-corrected chi connectivity index (χ3v) is 3.97. The molecule has 5 heteroatoms. The van der Waals surface area contributed by atoms with E-state index in [1.807, 2.05) is 25.1 Å². The average molecular weight is 283 g/mol. The number of ether oxygens (including phenoxy) is 1. The van der Waals surface area contributed by atoms with E-state index in [9.17, 15) is 0 Å². The van der Waals surface area contributed by atoms with E-state index >= 15 is 0 Å². The minimum absolute atomic E-state index is 0.677. The van der Waals surface area contributed by atoms with Gasteiger partial charge in [-0.1, -0.05) is 11.6 Å². The highest BCUT2D eigenvalue weighted by atomic mass is 35.5. The SMILES string of the molecule is COc1ccc(Cl)cc1NCc1nc(C)c(C)s1. The summed E-state index contributed by atoms with van der Waals surface area (Å²) >= 11 is 7.68. The van der Waals surface area contributed by atoms with Crippen molar-refractivity contribution in [3.63, 3.8) is 0 Å². The summed E-state index contributed by atoms with van der Waals surface area (Å²) in [7, 11) is 1.64. The van der Waals surface area contributed by atoms with Crippen LogP contribution in [0.15, 0.2) is 18.2 Å². The number of rotatable bonds is 4. The number of nitrogens with zero attached hydrogens (tertiary/aromatic N) is 1. The largest absolute Gasteiger partial charge is 0.495 e. The normalized spacial score (nSPS) is 10.4. The number of hydrogen-bond acceptors (Lipinski definition) is 4. The Hall–Kier alpha value is -1.26. The van der Waals surface area contributed by atoms with Gasteiger partial charge < -0.3 is 10.1 Å². The maximum atomic E-state index is 5.98. The van der Waals surface area contributed by atoms with Crippen LogP contribution in [0, 0.1) is 13.8 Å². The topological polar surface area (TPSA) is 34.1 Å². The number of methoxy groups -OCH3 is 1. The fraction of sp³-hybridized carbons (Fsp3) is 0.308. The van der Waals surface area contributed by atoms with Gasteiger partial charge in [0.15, 0.2) is 0 Å². The zero-order valence-corrected chi connectivity index (χ0v) is 12.2. The fourth-order valence-electron chi connectivity index (χ4n) is 1.60.